The van der Waals surface area contributed by atoms with Gasteiger partial charge in [-0.05, 0) is 6.42 Å². The number of hydrogen-bond acceptors (Lipinski definition) is 4. The molecule has 0 amide bonds. The van der Waals surface area contributed by atoms with Crippen molar-refractivity contribution in [2.24, 2.45) is 0 Å². The number of unbranched alkanes of at least 4 members (excludes halogenated alkanes) is 4. The number of rotatable bonds is 8. The van der Waals surface area contributed by atoms with Crippen molar-refractivity contribution < 1.29 is 17.4 Å². The van der Waals surface area contributed by atoms with Crippen molar-refractivity contribution in [1.82, 2.24) is 0 Å². The van der Waals surface area contributed by atoms with Crippen molar-refractivity contribution in [3.63, 3.8) is 0 Å². The normalized spacial score (nSPS) is 10.3. The summed E-state index contributed by atoms with van der Waals surface area (Å²) in [5.74, 6) is -1.01. The molecule has 0 aromatic heterocycles. The third kappa shape index (κ3) is 10.7. The van der Waals surface area contributed by atoms with E-state index in [0.717, 1.165) is 31.8 Å². The summed E-state index contributed by atoms with van der Waals surface area (Å²) in [6.45, 7) is 5.21. The zero-order valence-corrected chi connectivity index (χ0v) is 9.88. The summed E-state index contributed by atoms with van der Waals surface area (Å²) in [5.41, 5.74) is 0. The monoisotopic (exact) mass is 258 g/mol. The predicted molar refractivity (Wildman–Crippen MR) is 66.0 cm³/mol. The van der Waals surface area contributed by atoms with Crippen molar-refractivity contribution in [2.75, 3.05) is 5.75 Å². The van der Waals surface area contributed by atoms with E-state index in [-0.39, 0.29) is 35.3 Å². The summed E-state index contributed by atoms with van der Waals surface area (Å²) < 4.78 is 26.5. The van der Waals surface area contributed by atoms with Gasteiger partial charge in [0.1, 0.15) is 0 Å². The Balaban J connectivity index is 0. The second-order valence-electron chi connectivity index (χ2n) is 3.28. The summed E-state index contributed by atoms with van der Waals surface area (Å²) in [6.07, 6.45) is 5.45. The minimum atomic E-state index is -3.70. The molecule has 16 heavy (non-hydrogen) atoms. The fourth-order valence-electron chi connectivity index (χ4n) is 1.08. The minimum absolute atomic E-state index is 0. The van der Waals surface area contributed by atoms with Crippen molar-refractivity contribution in [2.45, 2.75) is 39.0 Å². The molecule has 0 aromatic carbocycles. The number of carbonyl (C=O) groups excluding carboxylic acids is 1. The molecular formula is C10H19NaO4S. The Morgan fingerprint density at radius 3 is 2.31 bits per heavy atom. The van der Waals surface area contributed by atoms with Gasteiger partial charge in [0.25, 0.3) is 0 Å². The summed E-state index contributed by atoms with van der Waals surface area (Å²) in [5, 5.41) is 0. The molecular weight excluding hydrogens is 239 g/mol. The summed E-state index contributed by atoms with van der Waals surface area (Å²) in [6, 6.07) is 0. The van der Waals surface area contributed by atoms with E-state index in [9.17, 15) is 13.2 Å². The standard InChI is InChI=1S/C10H18O4S.Na.H/c1-3-5-6-7-8-9-15(12,13)14-10(11)4-2;;/h4H,2-3,5-9H2,1H3;;. The first-order valence-electron chi connectivity index (χ1n) is 5.10. The van der Waals surface area contributed by atoms with Crippen LogP contribution in [0.1, 0.15) is 39.0 Å². The molecule has 0 radical (unpaired) electrons. The van der Waals surface area contributed by atoms with E-state index in [1.54, 1.807) is 0 Å². The maximum atomic E-state index is 11.1. The van der Waals surface area contributed by atoms with Crippen molar-refractivity contribution >= 4 is 45.6 Å². The van der Waals surface area contributed by atoms with Crippen molar-refractivity contribution in [3.05, 3.63) is 12.7 Å². The summed E-state index contributed by atoms with van der Waals surface area (Å²) in [7, 11) is -3.70. The second kappa shape index (κ2) is 10.3. The Morgan fingerprint density at radius 1 is 1.25 bits per heavy atom. The first-order chi connectivity index (χ1) is 7.02. The van der Waals surface area contributed by atoms with Gasteiger partial charge in [-0.25, -0.2) is 4.79 Å². The molecule has 0 aliphatic heterocycles. The van der Waals surface area contributed by atoms with Gasteiger partial charge in [0.2, 0.25) is 0 Å². The summed E-state index contributed by atoms with van der Waals surface area (Å²) >= 11 is 0. The molecule has 0 heterocycles. The van der Waals surface area contributed by atoms with Gasteiger partial charge in [0, 0.05) is 6.08 Å². The van der Waals surface area contributed by atoms with Gasteiger partial charge in [0.15, 0.2) is 0 Å². The van der Waals surface area contributed by atoms with Crippen LogP contribution in [0.3, 0.4) is 0 Å². The molecule has 0 rings (SSSR count). The topological polar surface area (TPSA) is 60.4 Å². The average molecular weight is 258 g/mol. The van der Waals surface area contributed by atoms with Crippen LogP contribution in [0, 0.1) is 0 Å². The van der Waals surface area contributed by atoms with E-state index in [2.05, 4.69) is 17.7 Å². The van der Waals surface area contributed by atoms with Gasteiger partial charge in [-0.1, -0.05) is 39.2 Å². The molecule has 0 saturated carbocycles. The van der Waals surface area contributed by atoms with Crippen LogP contribution in [0.5, 0.6) is 0 Å². The molecule has 0 spiro atoms. The fourth-order valence-corrected chi connectivity index (χ4v) is 2.04. The van der Waals surface area contributed by atoms with E-state index in [1.807, 2.05) is 0 Å². The van der Waals surface area contributed by atoms with Gasteiger partial charge in [-0.3, -0.25) is 0 Å². The van der Waals surface area contributed by atoms with Crippen LogP contribution >= 0.6 is 0 Å². The molecule has 90 valence electrons. The molecule has 0 aliphatic rings. The van der Waals surface area contributed by atoms with Crippen LogP contribution in [0.2, 0.25) is 0 Å². The van der Waals surface area contributed by atoms with Crippen LogP contribution in [-0.4, -0.2) is 49.7 Å². The molecule has 0 aliphatic carbocycles. The zero-order chi connectivity index (χ0) is 11.7. The molecule has 0 fully saturated rings. The maximum absolute atomic E-state index is 11.1. The number of carbonyl (C=O) groups is 1. The Bertz CT molecular complexity index is 298. The van der Waals surface area contributed by atoms with Crippen LogP contribution in [0.4, 0.5) is 0 Å². The average Bonchev–Trinajstić information content (AvgIpc) is 2.16. The van der Waals surface area contributed by atoms with Crippen LogP contribution in [-0.2, 0) is 19.1 Å². The van der Waals surface area contributed by atoms with Crippen LogP contribution < -0.4 is 0 Å². The van der Waals surface area contributed by atoms with Gasteiger partial charge in [-0.15, -0.1) is 0 Å². The Labute approximate surface area is 120 Å². The number of hydrogen-bond donors (Lipinski definition) is 0. The molecule has 0 aromatic rings. The van der Waals surface area contributed by atoms with Gasteiger partial charge < -0.3 is 4.18 Å². The first kappa shape index (κ1) is 18.5. The van der Waals surface area contributed by atoms with Gasteiger partial charge in [-0.2, -0.15) is 8.42 Å². The van der Waals surface area contributed by atoms with Crippen molar-refractivity contribution in [3.8, 4) is 0 Å². The predicted octanol–water partition coefficient (Wildman–Crippen LogP) is 1.37. The van der Waals surface area contributed by atoms with E-state index in [0.29, 0.717) is 6.42 Å². The quantitative estimate of drug-likeness (QED) is 0.285. The van der Waals surface area contributed by atoms with E-state index < -0.39 is 16.1 Å². The third-order valence-corrected chi connectivity index (χ3v) is 3.08. The van der Waals surface area contributed by atoms with E-state index in [1.165, 1.54) is 0 Å². The zero-order valence-electron chi connectivity index (χ0n) is 9.07. The third-order valence-electron chi connectivity index (χ3n) is 1.87. The van der Waals surface area contributed by atoms with Crippen LogP contribution in [0.25, 0.3) is 0 Å². The molecule has 0 unspecified atom stereocenters. The molecule has 0 bridgehead atoms. The van der Waals surface area contributed by atoms with E-state index in [4.69, 9.17) is 0 Å². The molecule has 6 heteroatoms. The second-order valence-corrected chi connectivity index (χ2v) is 4.97. The Hall–Kier alpha value is 0.160. The Kier molecular flexibility index (Phi) is 12.0. The van der Waals surface area contributed by atoms with Gasteiger partial charge >= 0.3 is 45.6 Å². The molecule has 0 saturated heterocycles. The van der Waals surface area contributed by atoms with E-state index >= 15 is 0 Å². The molecule has 4 nitrogen and oxygen atoms in total. The first-order valence-corrected chi connectivity index (χ1v) is 6.68. The van der Waals surface area contributed by atoms with Gasteiger partial charge in [0.05, 0.1) is 5.75 Å². The molecule has 0 atom stereocenters. The van der Waals surface area contributed by atoms with Crippen molar-refractivity contribution in [1.29, 1.82) is 0 Å². The SMILES string of the molecule is C=CC(=O)OS(=O)(=O)CCCCCCC.[NaH]. The summed E-state index contributed by atoms with van der Waals surface area (Å²) in [4.78, 5) is 10.6. The molecule has 0 N–H and O–H groups in total. The van der Waals surface area contributed by atoms with Crippen LogP contribution in [0.15, 0.2) is 12.7 Å². The Morgan fingerprint density at radius 2 is 1.81 bits per heavy atom. The fraction of sp³-hybridized carbons (Fsp3) is 0.700.